The summed E-state index contributed by atoms with van der Waals surface area (Å²) in [4.78, 5) is 58.4. The number of non-ortho nitro benzene ring substituents is 3. The second-order valence-electron chi connectivity index (χ2n) is 12.5. The molecule has 0 unspecified atom stereocenters. The van der Waals surface area contributed by atoms with Gasteiger partial charge in [0, 0.05) is 82.4 Å². The average molecular weight is 922 g/mol. The van der Waals surface area contributed by atoms with Crippen LogP contribution in [0, 0.1) is 30.3 Å². The number of aromatic nitrogens is 2. The zero-order valence-electron chi connectivity index (χ0n) is 36.0. The van der Waals surface area contributed by atoms with Gasteiger partial charge in [0.1, 0.15) is 11.9 Å². The van der Waals surface area contributed by atoms with Crippen LogP contribution in [0.2, 0.25) is 0 Å². The van der Waals surface area contributed by atoms with Crippen molar-refractivity contribution in [1.82, 2.24) is 9.88 Å². The predicted molar refractivity (Wildman–Crippen MR) is 237 cm³/mol. The number of pyridine rings is 2. The predicted octanol–water partition coefficient (Wildman–Crippen LogP) is 5.15. The van der Waals surface area contributed by atoms with Gasteiger partial charge in [-0.05, 0) is 72.7 Å². The Balaban J connectivity index is 0.000000840. The summed E-state index contributed by atoms with van der Waals surface area (Å²) in [5, 5.41) is 32.4. The van der Waals surface area contributed by atoms with Crippen molar-refractivity contribution in [2.45, 2.75) is 33.7 Å². The number of carbonyl (C=O) groups is 2. The Morgan fingerprint density at radius 2 is 1.16 bits per heavy atom. The van der Waals surface area contributed by atoms with E-state index in [2.05, 4.69) is 32.6 Å². The number of nitro benzene ring substituents is 3. The molecule has 5 aromatic rings. The summed E-state index contributed by atoms with van der Waals surface area (Å²) in [6.07, 6.45) is 10.0. The monoisotopic (exact) mass is 920 g/mol. The van der Waals surface area contributed by atoms with Crippen LogP contribution >= 0.6 is 15.9 Å². The molecule has 1 aliphatic rings. The maximum Gasteiger partial charge on any atom is 1.00 e. The number of benzene rings is 3. The van der Waals surface area contributed by atoms with E-state index in [4.69, 9.17) is 4.74 Å². The van der Waals surface area contributed by atoms with Crippen LogP contribution in [0.1, 0.15) is 34.2 Å². The van der Waals surface area contributed by atoms with Crippen molar-refractivity contribution in [3.63, 3.8) is 0 Å². The zero-order valence-corrected chi connectivity index (χ0v) is 38.6. The van der Waals surface area contributed by atoms with Gasteiger partial charge in [0.15, 0.2) is 12.4 Å². The third-order valence-electron chi connectivity index (χ3n) is 8.51. The number of nitrogens with zero attached hydrogens (tertiary/aromatic N) is 6. The third-order valence-corrected chi connectivity index (χ3v) is 8.97. The van der Waals surface area contributed by atoms with Gasteiger partial charge in [0.05, 0.1) is 34.5 Å². The second-order valence-corrected chi connectivity index (χ2v) is 13.1. The summed E-state index contributed by atoms with van der Waals surface area (Å²) in [7, 11) is 0. The molecule has 319 valence electrons. The summed E-state index contributed by atoms with van der Waals surface area (Å²) in [6, 6.07) is 27.4. The first kappa shape index (κ1) is 54.4. The summed E-state index contributed by atoms with van der Waals surface area (Å²) >= 11 is 2.94. The fraction of sp³-hybridized carbons (Fsp3) is 0.256. The van der Waals surface area contributed by atoms with Crippen molar-refractivity contribution < 1.29 is 69.4 Å². The maximum atomic E-state index is 11.4. The molecule has 3 heterocycles. The molecule has 62 heavy (non-hydrogen) atoms. The standard InChI is InChI=1S/C15H18N2O4.C13H13N2O2.C11H8N2O2.C4H7BrO2.B.Na.H/c1-2-21-15(18)11-16-8-6-12(7-9-16)13-4-3-5-14(10-13)17(19)20;1-2-14-8-6-11(7-9-14)12-4-3-5-13(10-12)15(16)17;14-13(15)11-3-1-2-10(8-11)9-4-6-12-7-5-9;1-2-7-4(6)3-5;;;/h3-6,10H,2,7-9,11H2,1H3;3-10H,2H2,1H3;1-8H;2-3H2,1H3;;;/q;+1;;;;+1;-1. The van der Waals surface area contributed by atoms with E-state index in [1.165, 1.54) is 18.2 Å². The zero-order chi connectivity index (χ0) is 43.9. The Morgan fingerprint density at radius 1 is 0.710 bits per heavy atom. The first-order valence-electron chi connectivity index (χ1n) is 18.8. The molecule has 3 aromatic carbocycles. The van der Waals surface area contributed by atoms with Crippen LogP contribution < -0.4 is 34.1 Å². The number of alkyl halides is 1. The minimum Gasteiger partial charge on any atom is -1.00 e. The Bertz CT molecular complexity index is 2240. The summed E-state index contributed by atoms with van der Waals surface area (Å²) in [6.45, 7) is 9.07. The number of esters is 2. The van der Waals surface area contributed by atoms with Gasteiger partial charge in [-0.3, -0.25) is 49.8 Å². The normalized spacial score (nSPS) is 11.3. The van der Waals surface area contributed by atoms with E-state index in [0.29, 0.717) is 25.1 Å². The number of rotatable bonds is 12. The van der Waals surface area contributed by atoms with Crippen molar-refractivity contribution in [3.8, 4) is 22.3 Å². The molecule has 0 fully saturated rings. The summed E-state index contributed by atoms with van der Waals surface area (Å²) < 4.78 is 11.5. The number of nitro groups is 3. The van der Waals surface area contributed by atoms with Gasteiger partial charge in [-0.2, -0.15) is 0 Å². The molecule has 0 atom stereocenters. The minimum atomic E-state index is -0.398. The Morgan fingerprint density at radius 3 is 1.56 bits per heavy atom. The first-order chi connectivity index (χ1) is 28.9. The van der Waals surface area contributed by atoms with E-state index >= 15 is 0 Å². The molecule has 16 nitrogen and oxygen atoms in total. The molecule has 0 aliphatic carbocycles. The van der Waals surface area contributed by atoms with Gasteiger partial charge < -0.3 is 10.9 Å². The van der Waals surface area contributed by atoms with E-state index in [-0.39, 0.29) is 84.8 Å². The molecule has 19 heteroatoms. The van der Waals surface area contributed by atoms with Crippen LogP contribution in [-0.4, -0.2) is 83.2 Å². The van der Waals surface area contributed by atoms with Gasteiger partial charge in [0.2, 0.25) is 0 Å². The first-order valence-corrected chi connectivity index (χ1v) is 19.9. The molecule has 2 aromatic heterocycles. The van der Waals surface area contributed by atoms with E-state index in [1.54, 1.807) is 62.6 Å². The number of halogens is 1. The molecule has 0 N–H and O–H groups in total. The SMILES string of the molecule is CCOC(=O)CBr.CCOC(=O)CN1CC=C(c2cccc([N+](=O)[O-])c2)CC1.CC[n+]1ccc(-c2cccc([N+](=O)[O-])c2)cc1.O=[N+]([O-])c1cccc(-c2ccncc2)c1.[B].[H-].[Na+]. The van der Waals surface area contributed by atoms with E-state index in [9.17, 15) is 39.9 Å². The number of aryl methyl sites for hydroxylation is 1. The van der Waals surface area contributed by atoms with E-state index in [1.807, 2.05) is 70.4 Å². The quantitative estimate of drug-likeness (QED) is 0.0398. The largest absolute Gasteiger partial charge is 1.00 e. The van der Waals surface area contributed by atoms with Crippen LogP contribution in [0.15, 0.2) is 128 Å². The molecule has 0 amide bonds. The van der Waals surface area contributed by atoms with Crippen molar-refractivity contribution in [2.75, 3.05) is 38.2 Å². The number of hydrogen-bond acceptors (Lipinski definition) is 12. The molecule has 1 aliphatic heterocycles. The Hall–Kier alpha value is -5.66. The Labute approximate surface area is 393 Å². The molecule has 0 saturated heterocycles. The molecular formula is C43H47BBrN6NaO10+. The van der Waals surface area contributed by atoms with E-state index in [0.717, 1.165) is 52.9 Å². The topological polar surface area (TPSA) is 202 Å². The molecular weight excluding hydrogens is 874 g/mol. The van der Waals surface area contributed by atoms with Gasteiger partial charge in [-0.15, -0.1) is 0 Å². The minimum absolute atomic E-state index is 0. The van der Waals surface area contributed by atoms with Crippen molar-refractivity contribution in [1.29, 1.82) is 0 Å². The maximum absolute atomic E-state index is 11.4. The smallest absolute Gasteiger partial charge is 1.00 e. The molecule has 0 saturated carbocycles. The van der Waals surface area contributed by atoms with Gasteiger partial charge in [-0.1, -0.05) is 58.4 Å². The van der Waals surface area contributed by atoms with Crippen molar-refractivity contribution in [3.05, 3.63) is 164 Å². The van der Waals surface area contributed by atoms with Crippen molar-refractivity contribution in [2.24, 2.45) is 0 Å². The molecule has 0 spiro atoms. The van der Waals surface area contributed by atoms with Crippen LogP contribution in [0.3, 0.4) is 0 Å². The van der Waals surface area contributed by atoms with Crippen LogP contribution in [0.4, 0.5) is 17.1 Å². The van der Waals surface area contributed by atoms with Crippen LogP contribution in [0.25, 0.3) is 27.8 Å². The number of hydrogen-bond donors (Lipinski definition) is 0. The molecule has 0 bridgehead atoms. The summed E-state index contributed by atoms with van der Waals surface area (Å²) in [5.74, 6) is -0.424. The number of carbonyl (C=O) groups excluding carboxylic acids is 2. The fourth-order valence-corrected chi connectivity index (χ4v) is 5.69. The summed E-state index contributed by atoms with van der Waals surface area (Å²) in [5.41, 5.74) is 5.88. The average Bonchev–Trinajstić information content (AvgIpc) is 3.28. The van der Waals surface area contributed by atoms with Gasteiger partial charge >= 0.3 is 41.5 Å². The molecule has 3 radical (unpaired) electrons. The van der Waals surface area contributed by atoms with Crippen LogP contribution in [0.5, 0.6) is 0 Å². The molecule has 6 rings (SSSR count). The van der Waals surface area contributed by atoms with Crippen molar-refractivity contribution >= 4 is 58.9 Å². The fourth-order valence-electron chi connectivity index (χ4n) is 5.53. The Kier molecular flexibility index (Phi) is 25.9. The third kappa shape index (κ3) is 18.9. The van der Waals surface area contributed by atoms with E-state index < -0.39 is 4.92 Å². The number of ether oxygens (including phenoxy) is 2. The van der Waals surface area contributed by atoms with Gasteiger partial charge in [-0.25, -0.2) is 4.57 Å². The second kappa shape index (κ2) is 29.6. The van der Waals surface area contributed by atoms with Gasteiger partial charge in [0.25, 0.3) is 17.1 Å². The van der Waals surface area contributed by atoms with Crippen LogP contribution in [-0.2, 0) is 25.6 Å².